The van der Waals surface area contributed by atoms with Gasteiger partial charge < -0.3 is 6.53 Å². The van der Waals surface area contributed by atoms with Gasteiger partial charge in [0, 0.05) is 5.56 Å². The Labute approximate surface area is 174 Å². The molecule has 128 valence electrons. The van der Waals surface area contributed by atoms with Crippen LogP contribution in [0, 0.1) is 0 Å². The fourth-order valence-corrected chi connectivity index (χ4v) is 3.32. The molecular formula is C19H15NaO5S. The fraction of sp³-hybridized carbons (Fsp3) is 0. The van der Waals surface area contributed by atoms with E-state index in [4.69, 9.17) is 0 Å². The Bertz CT molecular complexity index is 1020. The van der Waals surface area contributed by atoms with Crippen molar-refractivity contribution < 1.29 is 53.9 Å². The number of ketones is 1. The summed E-state index contributed by atoms with van der Waals surface area (Å²) < 4.78 is 33.1. The van der Waals surface area contributed by atoms with Crippen LogP contribution in [0.3, 0.4) is 0 Å². The van der Waals surface area contributed by atoms with Crippen molar-refractivity contribution in [2.45, 2.75) is 4.90 Å². The molecule has 0 saturated heterocycles. The quantitative estimate of drug-likeness (QED) is 0.590. The molecule has 0 unspecified atom stereocenters. The topological polar surface area (TPSA) is 91.7 Å². The van der Waals surface area contributed by atoms with Crippen LogP contribution in [-0.2, 0) is 14.9 Å². The Morgan fingerprint density at radius 2 is 1.46 bits per heavy atom. The number of carbonyl (C=O) groups excluding carboxylic acids is 1. The first kappa shape index (κ1) is 20.4. The zero-order valence-corrected chi connectivity index (χ0v) is 16.8. The van der Waals surface area contributed by atoms with Gasteiger partial charge in [-0.3, -0.25) is 9.35 Å². The van der Waals surface area contributed by atoms with E-state index in [9.17, 15) is 22.9 Å². The first-order chi connectivity index (χ1) is 11.9. The van der Waals surface area contributed by atoms with Crippen LogP contribution in [0.4, 0.5) is 0 Å². The van der Waals surface area contributed by atoms with Crippen molar-refractivity contribution in [2.75, 3.05) is 0 Å². The number of rotatable bonds is 3. The molecule has 0 radical (unpaired) electrons. The number of benzene rings is 2. The van der Waals surface area contributed by atoms with Gasteiger partial charge >= 0.3 is 29.6 Å². The molecule has 7 heteroatoms. The van der Waals surface area contributed by atoms with Gasteiger partial charge in [0.25, 0.3) is 10.1 Å². The second-order valence-electron chi connectivity index (χ2n) is 5.42. The molecule has 2 aromatic carbocycles. The number of phenols is 1. The van der Waals surface area contributed by atoms with Crippen molar-refractivity contribution >= 4 is 21.5 Å². The van der Waals surface area contributed by atoms with Crippen LogP contribution >= 0.6 is 0 Å². The van der Waals surface area contributed by atoms with Gasteiger partial charge in [-0.15, -0.1) is 0 Å². The third kappa shape index (κ3) is 4.41. The van der Waals surface area contributed by atoms with E-state index in [-0.39, 0.29) is 47.4 Å². The third-order valence-corrected chi connectivity index (χ3v) is 4.65. The van der Waals surface area contributed by atoms with Crippen LogP contribution in [-0.4, -0.2) is 23.9 Å². The molecule has 5 nitrogen and oxygen atoms in total. The molecular weight excluding hydrogens is 363 g/mol. The Hall–Kier alpha value is -1.96. The van der Waals surface area contributed by atoms with Crippen molar-refractivity contribution in [3.63, 3.8) is 0 Å². The Morgan fingerprint density at radius 3 is 2.04 bits per heavy atom. The maximum Gasteiger partial charge on any atom is 1.00 e. The van der Waals surface area contributed by atoms with Crippen molar-refractivity contribution in [1.29, 1.82) is 0 Å². The molecule has 1 aliphatic carbocycles. The minimum Gasteiger partial charge on any atom is -1.00 e. The van der Waals surface area contributed by atoms with Gasteiger partial charge in [0.05, 0.1) is 0 Å². The van der Waals surface area contributed by atoms with Crippen LogP contribution in [0.1, 0.15) is 12.6 Å². The van der Waals surface area contributed by atoms with Crippen molar-refractivity contribution in [2.24, 2.45) is 0 Å². The minimum absolute atomic E-state index is 0. The zero-order chi connectivity index (χ0) is 18.0. The summed E-state index contributed by atoms with van der Waals surface area (Å²) in [6, 6.07) is 12.3. The summed E-state index contributed by atoms with van der Waals surface area (Å²) in [5, 5.41) is 9.51. The summed E-state index contributed by atoms with van der Waals surface area (Å²) in [5.74, 6) is -0.0991. The molecule has 0 saturated carbocycles. The van der Waals surface area contributed by atoms with E-state index in [0.717, 1.165) is 0 Å². The van der Waals surface area contributed by atoms with E-state index < -0.39 is 10.1 Å². The normalized spacial score (nSPS) is 13.4. The first-order valence-corrected chi connectivity index (χ1v) is 8.81. The molecule has 2 aromatic rings. The summed E-state index contributed by atoms with van der Waals surface area (Å²) in [6.07, 6.45) is 5.94. The SMILES string of the molecule is O=C1C=CC(=C(c2ccc(O)cc2)c2ccccc2S(=O)(=O)O)C=C1.[H-].[Na+]. The Kier molecular flexibility index (Phi) is 6.39. The monoisotopic (exact) mass is 378 g/mol. The second-order valence-corrected chi connectivity index (χ2v) is 6.81. The van der Waals surface area contributed by atoms with Gasteiger partial charge in [0.2, 0.25) is 0 Å². The van der Waals surface area contributed by atoms with Crippen LogP contribution in [0.15, 0.2) is 83.3 Å². The molecule has 1 aliphatic rings. The first-order valence-electron chi connectivity index (χ1n) is 7.37. The van der Waals surface area contributed by atoms with Gasteiger partial charge in [-0.05, 0) is 47.1 Å². The van der Waals surface area contributed by atoms with Crippen LogP contribution in [0.2, 0.25) is 0 Å². The third-order valence-electron chi connectivity index (χ3n) is 3.73. The maximum absolute atomic E-state index is 11.8. The predicted molar refractivity (Wildman–Crippen MR) is 94.8 cm³/mol. The summed E-state index contributed by atoms with van der Waals surface area (Å²) >= 11 is 0. The van der Waals surface area contributed by atoms with Gasteiger partial charge in [0.15, 0.2) is 5.78 Å². The summed E-state index contributed by atoms with van der Waals surface area (Å²) in [4.78, 5) is 11.2. The van der Waals surface area contributed by atoms with Gasteiger partial charge in [-0.2, -0.15) is 8.42 Å². The van der Waals surface area contributed by atoms with Crippen molar-refractivity contribution in [3.05, 3.63) is 89.5 Å². The second kappa shape index (κ2) is 8.16. The smallest absolute Gasteiger partial charge is 1.00 e. The minimum atomic E-state index is -4.44. The average molecular weight is 378 g/mol. The predicted octanol–water partition coefficient (Wildman–Crippen LogP) is 0.252. The molecule has 2 N–H and O–H groups in total. The average Bonchev–Trinajstić information content (AvgIpc) is 2.58. The molecule has 0 bridgehead atoms. The van der Waals surface area contributed by atoms with E-state index in [1.54, 1.807) is 36.4 Å². The largest absolute Gasteiger partial charge is 1.00 e. The Balaban J connectivity index is 0.00000182. The van der Waals surface area contributed by atoms with Crippen molar-refractivity contribution in [3.8, 4) is 5.75 Å². The molecule has 0 aliphatic heterocycles. The van der Waals surface area contributed by atoms with E-state index in [1.165, 1.54) is 36.4 Å². The van der Waals surface area contributed by atoms with Crippen molar-refractivity contribution in [1.82, 2.24) is 0 Å². The Morgan fingerprint density at radius 1 is 0.885 bits per heavy atom. The molecule has 0 atom stereocenters. The zero-order valence-electron chi connectivity index (χ0n) is 15.0. The number of carbonyl (C=O) groups is 1. The molecule has 26 heavy (non-hydrogen) atoms. The number of allylic oxidation sites excluding steroid dienone is 5. The van der Waals surface area contributed by atoms with Gasteiger partial charge in [-0.1, -0.05) is 42.5 Å². The molecule has 0 amide bonds. The molecule has 0 heterocycles. The fourth-order valence-electron chi connectivity index (χ4n) is 2.63. The standard InChI is InChI=1S/C19H14O5S.Na.H/c20-15-9-5-13(6-10-15)19(14-7-11-16(21)12-8-14)17-3-1-2-4-18(17)25(22,23)24;;/h1-12,20H,(H,22,23,24);;/q;+1;-1. The molecule has 0 spiro atoms. The van der Waals surface area contributed by atoms with E-state index in [0.29, 0.717) is 22.3 Å². The van der Waals surface area contributed by atoms with Gasteiger partial charge in [0.1, 0.15) is 10.6 Å². The number of aromatic hydroxyl groups is 1. The summed E-state index contributed by atoms with van der Waals surface area (Å²) in [7, 11) is -4.44. The summed E-state index contributed by atoms with van der Waals surface area (Å²) in [6.45, 7) is 0. The molecule has 0 fully saturated rings. The number of phenolic OH excluding ortho intramolecular Hbond substituents is 1. The van der Waals surface area contributed by atoms with Gasteiger partial charge in [-0.25, -0.2) is 0 Å². The van der Waals surface area contributed by atoms with Crippen LogP contribution in [0.5, 0.6) is 5.75 Å². The number of hydrogen-bond donors (Lipinski definition) is 2. The molecule has 0 aromatic heterocycles. The van der Waals surface area contributed by atoms with Crippen LogP contribution < -0.4 is 29.6 Å². The molecule has 3 rings (SSSR count). The van der Waals surface area contributed by atoms with E-state index >= 15 is 0 Å². The number of hydrogen-bond acceptors (Lipinski definition) is 4. The van der Waals surface area contributed by atoms with E-state index in [2.05, 4.69) is 0 Å². The van der Waals surface area contributed by atoms with Crippen LogP contribution in [0.25, 0.3) is 5.57 Å². The maximum atomic E-state index is 11.8. The summed E-state index contributed by atoms with van der Waals surface area (Å²) in [5.41, 5.74) is 2.07. The van der Waals surface area contributed by atoms with E-state index in [1.807, 2.05) is 0 Å².